The topological polar surface area (TPSA) is 310 Å². The average molecular weight is 1290 g/mol. The molecule has 5 aromatic carbocycles. The minimum Gasteiger partial charge on any atom is -0.497 e. The summed E-state index contributed by atoms with van der Waals surface area (Å²) < 4.78 is 133. The van der Waals surface area contributed by atoms with Crippen molar-refractivity contribution in [3.63, 3.8) is 0 Å². The van der Waals surface area contributed by atoms with Crippen LogP contribution in [0.3, 0.4) is 0 Å². The number of aliphatic hydroxyl groups is 1. The number of halogens is 6. The number of carbonyl (C=O) groups excluding carboxylic acids is 2. The lowest BCUT2D eigenvalue weighted by atomic mass is 9.84. The molecular formula is C62H62F6N8O12S2. The number of urea groups is 2. The highest BCUT2D eigenvalue weighted by Crippen LogP contribution is 2.41. The smallest absolute Gasteiger partial charge is 0.416 e. The molecule has 4 amide bonds. The van der Waals surface area contributed by atoms with Crippen molar-refractivity contribution in [3.05, 3.63) is 190 Å². The Labute approximate surface area is 514 Å². The van der Waals surface area contributed by atoms with E-state index in [4.69, 9.17) is 15.3 Å². The second-order valence-electron chi connectivity index (χ2n) is 20.2. The third-order valence-electron chi connectivity index (χ3n) is 14.5. The van der Waals surface area contributed by atoms with E-state index in [1.165, 1.54) is 50.2 Å². The number of alkyl halides is 6. The summed E-state index contributed by atoms with van der Waals surface area (Å²) >= 11 is 0. The zero-order valence-corrected chi connectivity index (χ0v) is 48.7. The van der Waals surface area contributed by atoms with Gasteiger partial charge in [0.15, 0.2) is 19.7 Å². The van der Waals surface area contributed by atoms with Gasteiger partial charge in [-0.15, -0.1) is 6.58 Å². The van der Waals surface area contributed by atoms with E-state index in [1.807, 2.05) is 30.3 Å². The number of pyridine rings is 1. The summed E-state index contributed by atoms with van der Waals surface area (Å²) in [6.45, 7) is 7.32. The Morgan fingerprint density at radius 3 is 1.57 bits per heavy atom. The number of nitrogens with zero attached hydrogens (tertiary/aromatic N) is 5. The number of aliphatic hydroxyl groups excluding tert-OH is 1. The predicted molar refractivity (Wildman–Crippen MR) is 321 cm³/mol. The van der Waals surface area contributed by atoms with Crippen molar-refractivity contribution in [2.75, 3.05) is 36.0 Å². The van der Waals surface area contributed by atoms with Crippen molar-refractivity contribution >= 4 is 66.0 Å². The van der Waals surface area contributed by atoms with Gasteiger partial charge in [-0.05, 0) is 141 Å². The molecule has 6 N–H and O–H groups in total. The van der Waals surface area contributed by atoms with E-state index >= 15 is 0 Å². The van der Waals surface area contributed by atoms with Crippen LogP contribution in [0.25, 0.3) is 10.9 Å². The summed E-state index contributed by atoms with van der Waals surface area (Å²) in [7, 11) is -6.24. The van der Waals surface area contributed by atoms with Crippen molar-refractivity contribution in [2.24, 2.45) is 5.92 Å². The van der Waals surface area contributed by atoms with Crippen molar-refractivity contribution in [3.8, 4) is 17.9 Å². The van der Waals surface area contributed by atoms with E-state index < -0.39 is 96.5 Å². The number of piperidine rings is 1. The van der Waals surface area contributed by atoms with E-state index in [9.17, 15) is 77.7 Å². The first-order chi connectivity index (χ1) is 41.2. The fourth-order valence-electron chi connectivity index (χ4n) is 10.4. The molecule has 0 aliphatic carbocycles. The summed E-state index contributed by atoms with van der Waals surface area (Å²) in [5, 5.41) is 57.9. The van der Waals surface area contributed by atoms with E-state index in [-0.39, 0.29) is 81.6 Å². The summed E-state index contributed by atoms with van der Waals surface area (Å²) in [5.74, 6) is -1.99. The molecule has 476 valence electrons. The number of carbonyl (C=O) groups is 4. The molecule has 9 rings (SSSR count). The van der Waals surface area contributed by atoms with Crippen LogP contribution in [0.15, 0.2) is 160 Å². The van der Waals surface area contributed by atoms with Gasteiger partial charge in [0.2, 0.25) is 0 Å². The zero-order valence-electron chi connectivity index (χ0n) is 47.1. The number of aliphatic carboxylic acids is 2. The lowest BCUT2D eigenvalue weighted by Crippen LogP contribution is -2.48. The van der Waals surface area contributed by atoms with Crippen LogP contribution in [0, 0.1) is 28.6 Å². The molecule has 1 fully saturated rings. The number of ether oxygens (including phenoxy) is 1. The number of benzene rings is 5. The van der Waals surface area contributed by atoms with Crippen LogP contribution in [0.1, 0.15) is 98.7 Å². The second-order valence-corrected chi connectivity index (χ2v) is 24.1. The first-order valence-electron chi connectivity index (χ1n) is 26.1. The number of anilines is 2. The molecule has 0 saturated carbocycles. The SMILES string of the molecule is C.C.C=CC1CCCN[C@H]1[C@H](O)c1ccnc2ccc(OC)cc12.CC1=C(C(=O)O)[C@@H](c2ccc(C#N)cc2S(C)(=O)=O)NC(=O)N1c1cccc(C(F)(F)F)c1.CC1=C(C(=O)O)[C@@H](c2ccc(C#N)cc2S(C)(=O)=O)NC(=O)N1c1cccc(C(F)(F)F)c1. The second kappa shape index (κ2) is 28.3. The third-order valence-corrected chi connectivity index (χ3v) is 16.8. The number of methoxy groups -OCH3 is 1. The molecule has 5 atom stereocenters. The molecule has 1 aromatic heterocycles. The minimum absolute atomic E-state index is 0. The molecule has 0 bridgehead atoms. The Kier molecular flexibility index (Phi) is 22.3. The van der Waals surface area contributed by atoms with Crippen LogP contribution in [0.2, 0.25) is 0 Å². The number of carboxylic acid groups (broad SMARTS) is 2. The van der Waals surface area contributed by atoms with Gasteiger partial charge < -0.3 is 36.0 Å². The van der Waals surface area contributed by atoms with Crippen molar-refractivity contribution in [2.45, 2.75) is 87.9 Å². The Morgan fingerprint density at radius 2 is 1.18 bits per heavy atom. The molecule has 1 unspecified atom stereocenters. The Morgan fingerprint density at radius 1 is 0.722 bits per heavy atom. The van der Waals surface area contributed by atoms with Crippen molar-refractivity contribution < 1.29 is 82.4 Å². The van der Waals surface area contributed by atoms with Gasteiger partial charge in [0.05, 0.1) is 97.5 Å². The quantitative estimate of drug-likeness (QED) is 0.0490. The van der Waals surface area contributed by atoms with Gasteiger partial charge in [-0.2, -0.15) is 36.9 Å². The highest BCUT2D eigenvalue weighted by atomic mass is 32.2. The Bertz CT molecular complexity index is 3980. The van der Waals surface area contributed by atoms with Gasteiger partial charge in [0.1, 0.15) is 5.75 Å². The fraction of sp³-hybridized carbons (Fsp3) is 0.274. The van der Waals surface area contributed by atoms with Gasteiger partial charge >= 0.3 is 36.4 Å². The van der Waals surface area contributed by atoms with Gasteiger partial charge in [-0.1, -0.05) is 45.2 Å². The van der Waals surface area contributed by atoms with Crippen LogP contribution >= 0.6 is 0 Å². The number of nitrogens with one attached hydrogen (secondary N) is 3. The molecule has 4 heterocycles. The molecule has 3 aliphatic heterocycles. The first-order valence-corrected chi connectivity index (χ1v) is 29.9. The monoisotopic (exact) mass is 1290 g/mol. The Hall–Kier alpha value is -9.61. The summed E-state index contributed by atoms with van der Waals surface area (Å²) in [4.78, 5) is 55.3. The Balaban J connectivity index is 0.000000248. The van der Waals surface area contributed by atoms with Gasteiger partial charge in [0.25, 0.3) is 0 Å². The maximum absolute atomic E-state index is 13.1. The highest BCUT2D eigenvalue weighted by Gasteiger charge is 2.42. The average Bonchev–Trinajstić information content (AvgIpc) is 0.781. The number of amides is 4. The summed E-state index contributed by atoms with van der Waals surface area (Å²) in [6, 6.07) is 21.1. The first kappa shape index (κ1) is 71.1. The van der Waals surface area contributed by atoms with Gasteiger partial charge in [-0.25, -0.2) is 36.0 Å². The maximum atomic E-state index is 13.1. The summed E-state index contributed by atoms with van der Waals surface area (Å²) in [5.41, 5.74) is -2.22. The van der Waals surface area contributed by atoms with Crippen LogP contribution < -0.4 is 30.5 Å². The van der Waals surface area contributed by atoms with Gasteiger partial charge in [-0.3, -0.25) is 14.8 Å². The number of carboxylic acids is 2. The molecule has 28 heteroatoms. The van der Waals surface area contributed by atoms with E-state index in [0.717, 1.165) is 100 Å². The lowest BCUT2D eigenvalue weighted by Gasteiger charge is -2.35. The normalized spacial score (nSPS) is 18.1. The molecule has 0 spiro atoms. The summed E-state index contributed by atoms with van der Waals surface area (Å²) in [6.07, 6.45) is -2.37. The molecular weight excluding hydrogens is 1230 g/mol. The molecule has 1 saturated heterocycles. The van der Waals surface area contributed by atoms with Crippen LogP contribution in [-0.2, 0) is 41.6 Å². The third kappa shape index (κ3) is 15.4. The number of sulfone groups is 2. The number of hydrogen-bond donors (Lipinski definition) is 6. The predicted octanol–water partition coefficient (Wildman–Crippen LogP) is 11.3. The van der Waals surface area contributed by atoms with Crippen LogP contribution in [0.4, 0.5) is 47.3 Å². The number of aromatic nitrogens is 1. The van der Waals surface area contributed by atoms with E-state index in [2.05, 4.69) is 27.5 Å². The van der Waals surface area contributed by atoms with Crippen molar-refractivity contribution in [1.82, 2.24) is 20.9 Å². The fourth-order valence-corrected chi connectivity index (χ4v) is 12.3. The molecule has 0 radical (unpaired) electrons. The lowest BCUT2D eigenvalue weighted by molar-refractivity contribution is -0.138. The largest absolute Gasteiger partial charge is 0.497 e. The molecule has 90 heavy (non-hydrogen) atoms. The van der Waals surface area contributed by atoms with Crippen LogP contribution in [-0.4, -0.2) is 93.3 Å². The minimum atomic E-state index is -4.69. The number of hydrogen-bond acceptors (Lipinski definition) is 14. The number of rotatable bonds is 12. The van der Waals surface area contributed by atoms with E-state index in [1.54, 1.807) is 25.4 Å². The van der Waals surface area contributed by atoms with Crippen molar-refractivity contribution in [1.29, 1.82) is 10.5 Å². The maximum Gasteiger partial charge on any atom is 0.416 e. The number of allylic oxidation sites excluding steroid dienone is 2. The molecule has 3 aliphatic rings. The molecule has 20 nitrogen and oxygen atoms in total. The number of nitriles is 2. The standard InChI is InChI=1S/2C21H16F3N3O5S.C18H22N2O2.2CH4/c2*1-11-17(19(28)29)18(15-7-6-12(10-25)8-16(15)33(2,31)32)26-20(30)27(11)14-5-3-4-13(9-14)21(22,23)24;1-3-12-5-4-9-20-17(12)18(21)14-8-10-19-16-7-6-13(22-2)11-15(14)16;;/h2*3-9,18H,1-2H3,(H,26,30)(H,28,29);3,6-8,10-12,17-18,20-21H,1,4-5,9H2,2H3;2*1H4/t2*18-;12?,17-,18-;;/m111../s1. The van der Waals surface area contributed by atoms with Gasteiger partial charge in [0, 0.05) is 41.5 Å². The van der Waals surface area contributed by atoms with Crippen LogP contribution in [0.5, 0.6) is 5.75 Å². The van der Waals surface area contributed by atoms with E-state index in [0.29, 0.717) is 12.1 Å². The highest BCUT2D eigenvalue weighted by molar-refractivity contribution is 7.91. The molecule has 6 aromatic rings. The number of fused-ring (bicyclic) bond motifs is 1. The zero-order chi connectivity index (χ0) is 65.0.